The first-order chi connectivity index (χ1) is 15.3. The first-order valence-corrected chi connectivity index (χ1v) is 10.1. The van der Waals surface area contributed by atoms with E-state index in [9.17, 15) is 24.9 Å². The fraction of sp³-hybridized carbons (Fsp3) is 0.273. The molecule has 2 amide bonds. The molecule has 3 aromatic rings. The lowest BCUT2D eigenvalue weighted by atomic mass is 10.1. The molecule has 166 valence electrons. The number of phenols is 1. The zero-order chi connectivity index (χ0) is 22.8. The molecule has 3 heterocycles. The maximum Gasteiger partial charge on any atom is 0.255 e. The van der Waals surface area contributed by atoms with Gasteiger partial charge in [0, 0.05) is 25.1 Å². The summed E-state index contributed by atoms with van der Waals surface area (Å²) in [6.45, 7) is 2.12. The van der Waals surface area contributed by atoms with E-state index < -0.39 is 30.1 Å². The number of hydrogen-bond acceptors (Lipinski definition) is 7. The van der Waals surface area contributed by atoms with Crippen molar-refractivity contribution in [3.05, 3.63) is 71.8 Å². The van der Waals surface area contributed by atoms with E-state index in [-0.39, 0.29) is 18.8 Å². The molecule has 32 heavy (non-hydrogen) atoms. The van der Waals surface area contributed by atoms with E-state index in [0.29, 0.717) is 11.3 Å². The third-order valence-corrected chi connectivity index (χ3v) is 5.43. The van der Waals surface area contributed by atoms with E-state index in [4.69, 9.17) is 0 Å². The number of rotatable bonds is 6. The van der Waals surface area contributed by atoms with Crippen molar-refractivity contribution in [1.82, 2.24) is 25.0 Å². The Morgan fingerprint density at radius 1 is 1.09 bits per heavy atom. The van der Waals surface area contributed by atoms with Crippen LogP contribution in [-0.2, 0) is 22.7 Å². The van der Waals surface area contributed by atoms with Crippen LogP contribution in [0.1, 0.15) is 29.8 Å². The number of amides is 2. The number of aliphatic hydroxyl groups is 2. The molecular formula is C22H23N5O5. The number of nitrogens with zero attached hydrogens (tertiary/aromatic N) is 4. The van der Waals surface area contributed by atoms with Crippen molar-refractivity contribution in [1.29, 1.82) is 0 Å². The van der Waals surface area contributed by atoms with Crippen molar-refractivity contribution in [2.24, 2.45) is 0 Å². The minimum atomic E-state index is -1.95. The molecule has 2 aromatic heterocycles. The van der Waals surface area contributed by atoms with Gasteiger partial charge >= 0.3 is 0 Å². The van der Waals surface area contributed by atoms with Gasteiger partial charge in [0.2, 0.25) is 0 Å². The number of carbonyl (C=O) groups is 2. The molecule has 3 atom stereocenters. The van der Waals surface area contributed by atoms with Crippen LogP contribution in [0, 0.1) is 0 Å². The molecule has 0 radical (unpaired) electrons. The van der Waals surface area contributed by atoms with Crippen LogP contribution in [0.5, 0.6) is 5.75 Å². The molecule has 1 aliphatic heterocycles. The van der Waals surface area contributed by atoms with Gasteiger partial charge in [0.1, 0.15) is 11.4 Å². The highest BCUT2D eigenvalue weighted by molar-refractivity contribution is 5.91. The Labute approximate surface area is 183 Å². The fourth-order valence-electron chi connectivity index (χ4n) is 3.62. The van der Waals surface area contributed by atoms with Gasteiger partial charge in [-0.15, -0.1) is 0 Å². The standard InChI is InChI=1S/C22H23N5O5/c1-13(14-5-6-17(18(28)10-14)27-9-3-8-24-27)25-21(31)19(29)20(30)22(32)26-11-15-4-2-7-23-16(15)12-26/h2-10,13,19-20,28-30H,11-12H2,1H3,(H,25,31)/t13-,19-,20-/m1/s1. The number of aromatic hydroxyl groups is 1. The van der Waals surface area contributed by atoms with Crippen LogP contribution in [-0.4, -0.2) is 59.0 Å². The second kappa shape index (κ2) is 8.77. The zero-order valence-electron chi connectivity index (χ0n) is 17.3. The Kier molecular flexibility index (Phi) is 5.89. The first kappa shape index (κ1) is 21.5. The zero-order valence-corrected chi connectivity index (χ0v) is 17.3. The molecule has 10 heteroatoms. The summed E-state index contributed by atoms with van der Waals surface area (Å²) in [5.41, 5.74) is 2.62. The number of carbonyl (C=O) groups excluding carboxylic acids is 2. The maximum absolute atomic E-state index is 12.6. The van der Waals surface area contributed by atoms with Crippen LogP contribution in [0.4, 0.5) is 0 Å². The van der Waals surface area contributed by atoms with E-state index in [1.807, 2.05) is 6.07 Å². The molecule has 1 aromatic carbocycles. The molecule has 0 fully saturated rings. The highest BCUT2D eigenvalue weighted by Gasteiger charge is 2.36. The molecule has 0 spiro atoms. The van der Waals surface area contributed by atoms with Crippen molar-refractivity contribution in [3.8, 4) is 11.4 Å². The Hall–Kier alpha value is -3.76. The smallest absolute Gasteiger partial charge is 0.255 e. The molecule has 10 nitrogen and oxygen atoms in total. The van der Waals surface area contributed by atoms with Crippen LogP contribution < -0.4 is 5.32 Å². The SMILES string of the molecule is C[C@@H](NC(=O)[C@H](O)[C@@H](O)C(=O)N1Cc2cccnc2C1)c1ccc(-n2cccn2)c(O)c1. The van der Waals surface area contributed by atoms with Gasteiger partial charge in [0.15, 0.2) is 12.2 Å². The minimum absolute atomic E-state index is 0.0368. The minimum Gasteiger partial charge on any atom is -0.506 e. The first-order valence-electron chi connectivity index (χ1n) is 10.1. The van der Waals surface area contributed by atoms with Gasteiger partial charge in [-0.05, 0) is 42.3 Å². The average molecular weight is 437 g/mol. The van der Waals surface area contributed by atoms with E-state index in [2.05, 4.69) is 15.4 Å². The maximum atomic E-state index is 12.6. The summed E-state index contributed by atoms with van der Waals surface area (Å²) in [5, 5.41) is 37.5. The topological polar surface area (TPSA) is 141 Å². The average Bonchev–Trinajstić information content (AvgIpc) is 3.47. The fourth-order valence-corrected chi connectivity index (χ4v) is 3.62. The molecule has 0 unspecified atom stereocenters. The van der Waals surface area contributed by atoms with Crippen molar-refractivity contribution in [3.63, 3.8) is 0 Å². The highest BCUT2D eigenvalue weighted by atomic mass is 16.3. The summed E-state index contributed by atoms with van der Waals surface area (Å²) < 4.78 is 1.50. The molecule has 0 aliphatic carbocycles. The monoisotopic (exact) mass is 437 g/mol. The summed E-state index contributed by atoms with van der Waals surface area (Å²) in [4.78, 5) is 30.6. The summed E-state index contributed by atoms with van der Waals surface area (Å²) in [6, 6.07) is 9.54. The molecule has 1 aliphatic rings. The van der Waals surface area contributed by atoms with Crippen molar-refractivity contribution in [2.45, 2.75) is 38.3 Å². The van der Waals surface area contributed by atoms with Crippen LogP contribution in [0.2, 0.25) is 0 Å². The van der Waals surface area contributed by atoms with E-state index in [1.54, 1.807) is 49.8 Å². The Balaban J connectivity index is 1.38. The van der Waals surface area contributed by atoms with Crippen molar-refractivity contribution in [2.75, 3.05) is 0 Å². The summed E-state index contributed by atoms with van der Waals surface area (Å²) in [5.74, 6) is -1.69. The number of fused-ring (bicyclic) bond motifs is 1. The van der Waals surface area contributed by atoms with Gasteiger partial charge in [-0.25, -0.2) is 4.68 Å². The van der Waals surface area contributed by atoms with E-state index in [0.717, 1.165) is 11.3 Å². The van der Waals surface area contributed by atoms with E-state index in [1.165, 1.54) is 15.6 Å². The Bertz CT molecular complexity index is 1110. The van der Waals surface area contributed by atoms with Crippen molar-refractivity contribution >= 4 is 11.8 Å². The molecule has 0 bridgehead atoms. The van der Waals surface area contributed by atoms with Gasteiger partial charge in [-0.2, -0.15) is 5.10 Å². The molecular weight excluding hydrogens is 414 g/mol. The lowest BCUT2D eigenvalue weighted by Crippen LogP contribution is -2.50. The number of hydrogen-bond donors (Lipinski definition) is 4. The second-order valence-electron chi connectivity index (χ2n) is 7.62. The summed E-state index contributed by atoms with van der Waals surface area (Å²) >= 11 is 0. The van der Waals surface area contributed by atoms with Gasteiger partial charge in [-0.1, -0.05) is 12.1 Å². The third-order valence-electron chi connectivity index (χ3n) is 5.43. The van der Waals surface area contributed by atoms with Crippen LogP contribution >= 0.6 is 0 Å². The highest BCUT2D eigenvalue weighted by Crippen LogP contribution is 2.26. The predicted molar refractivity (Wildman–Crippen MR) is 112 cm³/mol. The van der Waals surface area contributed by atoms with Crippen molar-refractivity contribution < 1.29 is 24.9 Å². The number of aliphatic hydroxyl groups excluding tert-OH is 2. The van der Waals surface area contributed by atoms with Gasteiger partial charge < -0.3 is 25.5 Å². The number of benzene rings is 1. The summed E-state index contributed by atoms with van der Waals surface area (Å²) in [6.07, 6.45) is 1.03. The Morgan fingerprint density at radius 3 is 2.59 bits per heavy atom. The van der Waals surface area contributed by atoms with E-state index >= 15 is 0 Å². The quantitative estimate of drug-likeness (QED) is 0.438. The number of nitrogens with one attached hydrogen (secondary N) is 1. The normalized spacial score (nSPS) is 15.7. The van der Waals surface area contributed by atoms with Gasteiger partial charge in [-0.3, -0.25) is 14.6 Å². The lowest BCUT2D eigenvalue weighted by Gasteiger charge is -2.24. The van der Waals surface area contributed by atoms with Crippen LogP contribution in [0.15, 0.2) is 55.0 Å². The second-order valence-corrected chi connectivity index (χ2v) is 7.62. The molecule has 0 saturated heterocycles. The van der Waals surface area contributed by atoms with Gasteiger partial charge in [0.05, 0.1) is 18.3 Å². The number of phenolic OH excluding ortho intramolecular Hbond substituents is 1. The third kappa shape index (κ3) is 4.18. The van der Waals surface area contributed by atoms with Crippen LogP contribution in [0.3, 0.4) is 0 Å². The largest absolute Gasteiger partial charge is 0.506 e. The molecule has 4 N–H and O–H groups in total. The Morgan fingerprint density at radius 2 is 1.91 bits per heavy atom. The van der Waals surface area contributed by atoms with Gasteiger partial charge in [0.25, 0.3) is 11.8 Å². The summed E-state index contributed by atoms with van der Waals surface area (Å²) in [7, 11) is 0. The molecule has 0 saturated carbocycles. The predicted octanol–water partition coefficient (Wildman–Crippen LogP) is 0.414. The lowest BCUT2D eigenvalue weighted by molar-refractivity contribution is -0.153. The van der Waals surface area contributed by atoms with Crippen LogP contribution in [0.25, 0.3) is 5.69 Å². The molecule has 4 rings (SSSR count). The number of pyridine rings is 1. The number of aromatic nitrogens is 3.